The first kappa shape index (κ1) is 30.0. The van der Waals surface area contributed by atoms with Crippen molar-refractivity contribution in [2.75, 3.05) is 0 Å². The molecule has 0 bridgehead atoms. The Morgan fingerprint density at radius 1 is 0.300 bits per heavy atom. The zero-order valence-corrected chi connectivity index (χ0v) is 30.8. The van der Waals surface area contributed by atoms with Gasteiger partial charge in [-0.2, -0.15) is 0 Å². The number of fused-ring (bicyclic) bond motifs is 6. The maximum absolute atomic E-state index is 2.48. The third kappa shape index (κ3) is 4.74. The van der Waals surface area contributed by atoms with Crippen LogP contribution in [0.1, 0.15) is 9.75 Å². The molecule has 0 nitrogen and oxygen atoms in total. The summed E-state index contributed by atoms with van der Waals surface area (Å²) >= 11 is 7.74. The molecule has 50 heavy (non-hydrogen) atoms. The minimum absolute atomic E-state index is 1.27. The molecule has 0 spiro atoms. The molecule has 10 rings (SSSR count). The van der Waals surface area contributed by atoms with Crippen molar-refractivity contribution in [3.63, 3.8) is 0 Å². The van der Waals surface area contributed by atoms with Gasteiger partial charge in [0.25, 0.3) is 0 Å². The molecule has 4 aromatic heterocycles. The lowest BCUT2D eigenvalue weighted by molar-refractivity contribution is 1.65. The average Bonchev–Trinajstić information content (AvgIpc) is 3.96. The van der Waals surface area contributed by atoms with E-state index >= 15 is 0 Å². The predicted molar refractivity (Wildman–Crippen MR) is 225 cm³/mol. The highest BCUT2D eigenvalue weighted by molar-refractivity contribution is 7.29. The molecule has 0 N–H and O–H groups in total. The molecule has 0 fully saturated rings. The van der Waals surface area contributed by atoms with Gasteiger partial charge in [-0.3, -0.25) is 0 Å². The molecule has 4 heteroatoms. The molecule has 0 saturated carbocycles. The highest BCUT2D eigenvalue weighted by Crippen LogP contribution is 2.55. The predicted octanol–water partition coefficient (Wildman–Crippen LogP) is 15.5. The Bertz CT molecular complexity index is 2650. The first-order valence-corrected chi connectivity index (χ1v) is 20.1. The number of hydrogen-bond donors (Lipinski definition) is 0. The summed E-state index contributed by atoms with van der Waals surface area (Å²) in [6.07, 6.45) is 0. The minimum Gasteiger partial charge on any atom is -0.140 e. The van der Waals surface area contributed by atoms with Crippen LogP contribution in [0.4, 0.5) is 0 Å². The van der Waals surface area contributed by atoms with Crippen LogP contribution in [0.3, 0.4) is 0 Å². The minimum atomic E-state index is 1.27. The zero-order chi connectivity index (χ0) is 33.3. The molecule has 4 heterocycles. The van der Waals surface area contributed by atoms with E-state index in [0.717, 1.165) is 0 Å². The Morgan fingerprint density at radius 2 is 0.560 bits per heavy atom. The van der Waals surface area contributed by atoms with Crippen molar-refractivity contribution in [1.82, 2.24) is 0 Å². The smallest absolute Gasteiger partial charge is 0.0456 e. The second-order valence-electron chi connectivity index (χ2n) is 12.9. The standard InChI is InChI=1S/C46H30S4/c1-27-23-33-35-25-37(49-45(35)41(31-19-11-5-12-20-31)39(43(33)47-27)29-15-7-3-8-16-29)38-26-36-34-24-28(2)48-44(34)40(30-17-9-4-10-18-30)42(46(36)50-38)32-21-13-6-14-22-32/h3-26H,1-2H3. The first-order chi connectivity index (χ1) is 24.6. The normalized spacial score (nSPS) is 11.8. The highest BCUT2D eigenvalue weighted by atomic mass is 32.1. The fraction of sp³-hybridized carbons (Fsp3) is 0.0435. The Balaban J connectivity index is 1.31. The van der Waals surface area contributed by atoms with E-state index in [1.807, 2.05) is 45.3 Å². The SMILES string of the molecule is Cc1cc2c(s1)c(-c1ccccc1)c(-c1ccccc1)c1sc(-c3cc4c(s3)c(-c3ccccc3)c(-c3ccccc3)c3sc(C)cc34)cc12. The largest absolute Gasteiger partial charge is 0.140 e. The van der Waals surface area contributed by atoms with E-state index in [9.17, 15) is 0 Å². The van der Waals surface area contributed by atoms with E-state index in [1.54, 1.807) is 0 Å². The monoisotopic (exact) mass is 710 g/mol. The van der Waals surface area contributed by atoms with E-state index in [1.165, 1.54) is 104 Å². The van der Waals surface area contributed by atoms with Crippen LogP contribution in [0.15, 0.2) is 146 Å². The maximum atomic E-state index is 2.48. The van der Waals surface area contributed by atoms with Gasteiger partial charge in [0, 0.05) is 82.1 Å². The second-order valence-corrected chi connectivity index (χ2v) is 17.5. The van der Waals surface area contributed by atoms with Gasteiger partial charge in [0.05, 0.1) is 0 Å². The van der Waals surface area contributed by atoms with E-state index in [0.29, 0.717) is 0 Å². The lowest BCUT2D eigenvalue weighted by Gasteiger charge is -2.14. The van der Waals surface area contributed by atoms with Crippen LogP contribution in [0.5, 0.6) is 0 Å². The number of aryl methyl sites for hydroxylation is 2. The first-order valence-electron chi connectivity index (χ1n) is 16.8. The maximum Gasteiger partial charge on any atom is 0.0456 e. The lowest BCUT2D eigenvalue weighted by Crippen LogP contribution is -1.87. The summed E-state index contributed by atoms with van der Waals surface area (Å²) in [7, 11) is 0. The second kappa shape index (κ2) is 11.9. The summed E-state index contributed by atoms with van der Waals surface area (Å²) in [6.45, 7) is 4.49. The molecule has 0 aliphatic carbocycles. The summed E-state index contributed by atoms with van der Waals surface area (Å²) < 4.78 is 5.46. The molecule has 10 aromatic rings. The van der Waals surface area contributed by atoms with Crippen LogP contribution in [-0.4, -0.2) is 0 Å². The van der Waals surface area contributed by atoms with Crippen LogP contribution < -0.4 is 0 Å². The van der Waals surface area contributed by atoms with Crippen molar-refractivity contribution in [3.05, 3.63) is 155 Å². The number of hydrogen-bond acceptors (Lipinski definition) is 4. The van der Waals surface area contributed by atoms with Crippen LogP contribution in [0, 0.1) is 13.8 Å². The number of thiophene rings is 4. The molecule has 0 aliphatic rings. The molecule has 0 atom stereocenters. The fourth-order valence-corrected chi connectivity index (χ4v) is 12.3. The van der Waals surface area contributed by atoms with Crippen LogP contribution in [-0.2, 0) is 0 Å². The molecule has 238 valence electrons. The van der Waals surface area contributed by atoms with Gasteiger partial charge in [0.2, 0.25) is 0 Å². The summed E-state index contributed by atoms with van der Waals surface area (Å²) in [5, 5.41) is 5.42. The van der Waals surface area contributed by atoms with E-state index < -0.39 is 0 Å². The topological polar surface area (TPSA) is 0 Å². The third-order valence-electron chi connectivity index (χ3n) is 9.66. The molecular formula is C46H30S4. The van der Waals surface area contributed by atoms with Crippen molar-refractivity contribution in [2.45, 2.75) is 13.8 Å². The van der Waals surface area contributed by atoms with E-state index in [2.05, 4.69) is 159 Å². The van der Waals surface area contributed by atoms with Gasteiger partial charge in [-0.05, 0) is 60.4 Å². The summed E-state index contributed by atoms with van der Waals surface area (Å²) in [5.74, 6) is 0. The van der Waals surface area contributed by atoms with Gasteiger partial charge in [0.1, 0.15) is 0 Å². The Kier molecular flexibility index (Phi) is 7.14. The molecule has 0 saturated heterocycles. The van der Waals surface area contributed by atoms with Crippen molar-refractivity contribution in [1.29, 1.82) is 0 Å². The number of benzene rings is 6. The molecule has 0 aliphatic heterocycles. The quantitative estimate of drug-likeness (QED) is 0.167. The van der Waals surface area contributed by atoms with Gasteiger partial charge in [-0.15, -0.1) is 45.3 Å². The van der Waals surface area contributed by atoms with E-state index in [-0.39, 0.29) is 0 Å². The fourth-order valence-electron chi connectivity index (χ4n) is 7.57. The third-order valence-corrected chi connectivity index (χ3v) is 14.3. The average molecular weight is 711 g/mol. The Hall–Kier alpha value is -4.84. The number of rotatable bonds is 5. The summed E-state index contributed by atoms with van der Waals surface area (Å²) in [4.78, 5) is 5.34. The van der Waals surface area contributed by atoms with Crippen molar-refractivity contribution in [2.24, 2.45) is 0 Å². The Morgan fingerprint density at radius 3 is 0.860 bits per heavy atom. The molecule has 0 radical (unpaired) electrons. The van der Waals surface area contributed by atoms with Crippen LogP contribution in [0.2, 0.25) is 0 Å². The molecule has 0 unspecified atom stereocenters. The Labute approximate surface area is 307 Å². The lowest BCUT2D eigenvalue weighted by atomic mass is 9.91. The van der Waals surface area contributed by atoms with Gasteiger partial charge in [-0.1, -0.05) is 121 Å². The van der Waals surface area contributed by atoms with Gasteiger partial charge in [0.15, 0.2) is 0 Å². The van der Waals surface area contributed by atoms with Crippen LogP contribution >= 0.6 is 45.3 Å². The van der Waals surface area contributed by atoms with Crippen molar-refractivity contribution >= 4 is 85.7 Å². The van der Waals surface area contributed by atoms with Crippen molar-refractivity contribution in [3.8, 4) is 54.3 Å². The highest BCUT2D eigenvalue weighted by Gasteiger charge is 2.25. The van der Waals surface area contributed by atoms with E-state index in [4.69, 9.17) is 0 Å². The molecular weight excluding hydrogens is 681 g/mol. The van der Waals surface area contributed by atoms with Gasteiger partial charge in [-0.25, -0.2) is 0 Å². The van der Waals surface area contributed by atoms with Gasteiger partial charge < -0.3 is 0 Å². The van der Waals surface area contributed by atoms with Crippen LogP contribution in [0.25, 0.3) is 94.6 Å². The summed E-state index contributed by atoms with van der Waals surface area (Å²) in [6, 6.07) is 53.8. The zero-order valence-electron chi connectivity index (χ0n) is 27.5. The van der Waals surface area contributed by atoms with Crippen molar-refractivity contribution < 1.29 is 0 Å². The molecule has 0 amide bonds. The summed E-state index contributed by atoms with van der Waals surface area (Å²) in [5.41, 5.74) is 10.4. The molecule has 6 aromatic carbocycles. The van der Waals surface area contributed by atoms with Gasteiger partial charge >= 0.3 is 0 Å².